The zero-order valence-electron chi connectivity index (χ0n) is 15.8. The van der Waals surface area contributed by atoms with Crippen molar-refractivity contribution in [1.29, 1.82) is 10.5 Å². The number of benzene rings is 2. The van der Waals surface area contributed by atoms with Crippen molar-refractivity contribution >= 4 is 5.91 Å². The van der Waals surface area contributed by atoms with Gasteiger partial charge >= 0.3 is 0 Å². The van der Waals surface area contributed by atoms with Crippen LogP contribution in [0.15, 0.2) is 48.5 Å². The molecule has 0 spiro atoms. The summed E-state index contributed by atoms with van der Waals surface area (Å²) in [5, 5.41) is 17.7. The van der Waals surface area contributed by atoms with Crippen LogP contribution in [0.2, 0.25) is 0 Å². The topological polar surface area (TPSA) is 80.4 Å². The molecule has 3 rings (SSSR count). The summed E-state index contributed by atoms with van der Waals surface area (Å²) in [6, 6.07) is 18.6. The number of piperazine rings is 1. The number of hydrogen-bond donors (Lipinski definition) is 0. The number of carbonyl (C=O) groups is 1. The van der Waals surface area contributed by atoms with Gasteiger partial charge in [0.05, 0.1) is 23.3 Å². The highest BCUT2D eigenvalue weighted by atomic mass is 16.5. The lowest BCUT2D eigenvalue weighted by Crippen LogP contribution is -2.51. The van der Waals surface area contributed by atoms with Crippen LogP contribution in [0, 0.1) is 22.7 Å². The SMILES string of the molecule is CC(Oc1ccc(C#N)cc1)C(=O)N1CCN(Cc2ccc(C#N)cc2)CC1. The molecule has 0 saturated carbocycles. The largest absolute Gasteiger partial charge is 0.481 e. The van der Waals surface area contributed by atoms with Crippen LogP contribution in [0.5, 0.6) is 5.75 Å². The summed E-state index contributed by atoms with van der Waals surface area (Å²) in [6.07, 6.45) is -0.571. The Morgan fingerprint density at radius 3 is 2.04 bits per heavy atom. The van der Waals surface area contributed by atoms with Gasteiger partial charge in [0.1, 0.15) is 5.75 Å². The quantitative estimate of drug-likeness (QED) is 0.803. The predicted octanol–water partition coefficient (Wildman–Crippen LogP) is 2.54. The predicted molar refractivity (Wildman–Crippen MR) is 104 cm³/mol. The summed E-state index contributed by atoms with van der Waals surface area (Å²) >= 11 is 0. The molecule has 1 unspecified atom stereocenters. The number of nitriles is 2. The molecule has 1 heterocycles. The molecule has 1 fully saturated rings. The Morgan fingerprint density at radius 1 is 0.964 bits per heavy atom. The van der Waals surface area contributed by atoms with Gasteiger partial charge < -0.3 is 9.64 Å². The second-order valence-electron chi connectivity index (χ2n) is 6.81. The number of carbonyl (C=O) groups excluding carboxylic acids is 1. The Morgan fingerprint density at radius 2 is 1.50 bits per heavy atom. The zero-order chi connectivity index (χ0) is 19.9. The molecule has 2 aromatic rings. The summed E-state index contributed by atoms with van der Waals surface area (Å²) in [7, 11) is 0. The van der Waals surface area contributed by atoms with E-state index in [1.165, 1.54) is 0 Å². The van der Waals surface area contributed by atoms with E-state index in [0.717, 1.165) is 25.2 Å². The van der Waals surface area contributed by atoms with Gasteiger partial charge in [-0.2, -0.15) is 10.5 Å². The molecule has 1 atom stereocenters. The average Bonchev–Trinajstić information content (AvgIpc) is 2.75. The minimum atomic E-state index is -0.571. The fraction of sp³-hybridized carbons (Fsp3) is 0.318. The van der Waals surface area contributed by atoms with E-state index in [0.29, 0.717) is 30.0 Å². The third-order valence-electron chi connectivity index (χ3n) is 4.82. The van der Waals surface area contributed by atoms with Crippen LogP contribution in [0.1, 0.15) is 23.6 Å². The summed E-state index contributed by atoms with van der Waals surface area (Å²) in [5.41, 5.74) is 2.39. The molecule has 0 aliphatic carbocycles. The Labute approximate surface area is 165 Å². The van der Waals surface area contributed by atoms with E-state index < -0.39 is 6.10 Å². The Kier molecular flexibility index (Phi) is 6.26. The standard InChI is InChI=1S/C22H22N4O2/c1-17(28-21-8-6-19(15-24)7-9-21)22(27)26-12-10-25(11-13-26)16-20-4-2-18(14-23)3-5-20/h2-9,17H,10-13,16H2,1H3. The van der Waals surface area contributed by atoms with Crippen molar-refractivity contribution in [3.05, 3.63) is 65.2 Å². The average molecular weight is 374 g/mol. The van der Waals surface area contributed by atoms with Crippen molar-refractivity contribution in [1.82, 2.24) is 9.80 Å². The first-order valence-corrected chi connectivity index (χ1v) is 9.26. The zero-order valence-corrected chi connectivity index (χ0v) is 15.8. The minimum absolute atomic E-state index is 0.0256. The molecule has 1 saturated heterocycles. The Bertz CT molecular complexity index is 886. The summed E-state index contributed by atoms with van der Waals surface area (Å²) in [4.78, 5) is 16.8. The van der Waals surface area contributed by atoms with E-state index in [9.17, 15) is 4.79 Å². The molecular formula is C22H22N4O2. The number of hydrogen-bond acceptors (Lipinski definition) is 5. The van der Waals surface area contributed by atoms with Gasteiger partial charge in [0, 0.05) is 32.7 Å². The van der Waals surface area contributed by atoms with Gasteiger partial charge in [-0.3, -0.25) is 9.69 Å². The Balaban J connectivity index is 1.48. The highest BCUT2D eigenvalue weighted by Gasteiger charge is 2.26. The lowest BCUT2D eigenvalue weighted by Gasteiger charge is -2.35. The van der Waals surface area contributed by atoms with Gasteiger partial charge in [0.25, 0.3) is 5.91 Å². The van der Waals surface area contributed by atoms with Crippen LogP contribution in [0.4, 0.5) is 0 Å². The van der Waals surface area contributed by atoms with Crippen molar-refractivity contribution in [3.8, 4) is 17.9 Å². The van der Waals surface area contributed by atoms with Crippen molar-refractivity contribution in [2.75, 3.05) is 26.2 Å². The van der Waals surface area contributed by atoms with E-state index >= 15 is 0 Å². The maximum absolute atomic E-state index is 12.7. The first kappa shape index (κ1) is 19.4. The minimum Gasteiger partial charge on any atom is -0.481 e. The first-order valence-electron chi connectivity index (χ1n) is 9.26. The van der Waals surface area contributed by atoms with E-state index in [1.54, 1.807) is 31.2 Å². The van der Waals surface area contributed by atoms with Crippen LogP contribution >= 0.6 is 0 Å². The third-order valence-corrected chi connectivity index (χ3v) is 4.82. The molecule has 0 bridgehead atoms. The molecule has 0 aromatic heterocycles. The van der Waals surface area contributed by atoms with E-state index in [1.807, 2.05) is 29.2 Å². The van der Waals surface area contributed by atoms with Crippen molar-refractivity contribution in [3.63, 3.8) is 0 Å². The van der Waals surface area contributed by atoms with Gasteiger partial charge in [0.15, 0.2) is 6.10 Å². The molecule has 2 aromatic carbocycles. The van der Waals surface area contributed by atoms with Gasteiger partial charge in [0.2, 0.25) is 0 Å². The van der Waals surface area contributed by atoms with Gasteiger partial charge in [-0.05, 0) is 48.9 Å². The normalized spacial score (nSPS) is 15.3. The van der Waals surface area contributed by atoms with Gasteiger partial charge in [-0.25, -0.2) is 0 Å². The molecule has 1 amide bonds. The maximum atomic E-state index is 12.7. The van der Waals surface area contributed by atoms with Gasteiger partial charge in [-0.1, -0.05) is 12.1 Å². The summed E-state index contributed by atoms with van der Waals surface area (Å²) in [6.45, 7) is 5.49. The lowest BCUT2D eigenvalue weighted by atomic mass is 10.1. The van der Waals surface area contributed by atoms with Crippen molar-refractivity contribution in [2.45, 2.75) is 19.6 Å². The van der Waals surface area contributed by atoms with Crippen LogP contribution < -0.4 is 4.74 Å². The highest BCUT2D eigenvalue weighted by Crippen LogP contribution is 2.16. The van der Waals surface area contributed by atoms with Crippen LogP contribution in [0.3, 0.4) is 0 Å². The lowest BCUT2D eigenvalue weighted by molar-refractivity contribution is -0.139. The highest BCUT2D eigenvalue weighted by molar-refractivity contribution is 5.81. The summed E-state index contributed by atoms with van der Waals surface area (Å²) in [5.74, 6) is 0.557. The third kappa shape index (κ3) is 4.88. The molecule has 1 aliphatic heterocycles. The fourth-order valence-electron chi connectivity index (χ4n) is 3.19. The van der Waals surface area contributed by atoms with Crippen LogP contribution in [-0.2, 0) is 11.3 Å². The molecule has 0 radical (unpaired) electrons. The number of amides is 1. The summed E-state index contributed by atoms with van der Waals surface area (Å²) < 4.78 is 5.73. The molecule has 28 heavy (non-hydrogen) atoms. The molecular weight excluding hydrogens is 352 g/mol. The smallest absolute Gasteiger partial charge is 0.263 e. The van der Waals surface area contributed by atoms with E-state index in [2.05, 4.69) is 17.0 Å². The van der Waals surface area contributed by atoms with Crippen molar-refractivity contribution < 1.29 is 9.53 Å². The number of rotatable bonds is 5. The number of ether oxygens (including phenoxy) is 1. The van der Waals surface area contributed by atoms with Crippen LogP contribution in [-0.4, -0.2) is 48.0 Å². The molecule has 6 heteroatoms. The van der Waals surface area contributed by atoms with Crippen molar-refractivity contribution in [2.24, 2.45) is 0 Å². The molecule has 6 nitrogen and oxygen atoms in total. The molecule has 1 aliphatic rings. The van der Waals surface area contributed by atoms with Crippen LogP contribution in [0.25, 0.3) is 0 Å². The number of nitrogens with zero attached hydrogens (tertiary/aromatic N) is 4. The maximum Gasteiger partial charge on any atom is 0.263 e. The second kappa shape index (κ2) is 9.03. The fourth-order valence-corrected chi connectivity index (χ4v) is 3.19. The second-order valence-corrected chi connectivity index (χ2v) is 6.81. The molecule has 0 N–H and O–H groups in total. The first-order chi connectivity index (χ1) is 13.6. The van der Waals surface area contributed by atoms with Gasteiger partial charge in [-0.15, -0.1) is 0 Å². The molecule has 142 valence electrons. The Hall–Kier alpha value is -3.35. The van der Waals surface area contributed by atoms with E-state index in [4.69, 9.17) is 15.3 Å². The monoisotopic (exact) mass is 374 g/mol. The van der Waals surface area contributed by atoms with E-state index in [-0.39, 0.29) is 5.91 Å².